The van der Waals surface area contributed by atoms with E-state index < -0.39 is 0 Å². The summed E-state index contributed by atoms with van der Waals surface area (Å²) in [6.45, 7) is 1.80. The lowest BCUT2D eigenvalue weighted by molar-refractivity contribution is -0.115. The van der Waals surface area contributed by atoms with Crippen molar-refractivity contribution in [1.82, 2.24) is 4.98 Å². The van der Waals surface area contributed by atoms with E-state index >= 15 is 0 Å². The molecule has 0 aliphatic rings. The van der Waals surface area contributed by atoms with Crippen LogP contribution in [0.4, 0.5) is 11.5 Å². The molecule has 0 radical (unpaired) electrons. The van der Waals surface area contributed by atoms with Gasteiger partial charge in [-0.1, -0.05) is 23.7 Å². The maximum Gasteiger partial charge on any atom is 0.255 e. The molecular formula is C22H20ClN3O3S. The summed E-state index contributed by atoms with van der Waals surface area (Å²) in [7, 11) is 1.55. The molecular weight excluding hydrogens is 422 g/mol. The number of carbonyl (C=O) groups is 2. The number of nitrogens with one attached hydrogen (secondary N) is 2. The number of hydrogen-bond donors (Lipinski definition) is 2. The van der Waals surface area contributed by atoms with Crippen molar-refractivity contribution in [2.45, 2.75) is 17.1 Å². The summed E-state index contributed by atoms with van der Waals surface area (Å²) in [5.41, 5.74) is 1.13. The number of anilines is 2. The zero-order chi connectivity index (χ0) is 21.5. The van der Waals surface area contributed by atoms with Crippen LogP contribution >= 0.6 is 23.4 Å². The fourth-order valence-electron chi connectivity index (χ4n) is 2.55. The minimum absolute atomic E-state index is 0.180. The SMILES string of the molecule is COc1cccc(C(=O)Nc2cccc(SC(C)C(=O)Nc3ccc(Cl)cn3)c2)c1. The summed E-state index contributed by atoms with van der Waals surface area (Å²) in [5.74, 6) is 0.634. The third-order valence-electron chi connectivity index (χ3n) is 4.08. The van der Waals surface area contributed by atoms with Gasteiger partial charge in [-0.15, -0.1) is 11.8 Å². The van der Waals surface area contributed by atoms with Gasteiger partial charge in [0.2, 0.25) is 5.91 Å². The molecule has 1 aromatic heterocycles. The van der Waals surface area contributed by atoms with Crippen LogP contribution in [0.1, 0.15) is 17.3 Å². The fraction of sp³-hybridized carbons (Fsp3) is 0.136. The van der Waals surface area contributed by atoms with Crippen LogP contribution in [0.5, 0.6) is 5.75 Å². The third kappa shape index (κ3) is 5.98. The predicted octanol–water partition coefficient (Wildman–Crippen LogP) is 5.12. The molecule has 3 aromatic rings. The second kappa shape index (κ2) is 10.1. The Morgan fingerprint density at radius 3 is 2.60 bits per heavy atom. The van der Waals surface area contributed by atoms with Crippen LogP contribution in [0.3, 0.4) is 0 Å². The number of nitrogens with zero attached hydrogens (tertiary/aromatic N) is 1. The number of benzene rings is 2. The van der Waals surface area contributed by atoms with E-state index in [4.69, 9.17) is 16.3 Å². The van der Waals surface area contributed by atoms with Gasteiger partial charge in [0.05, 0.1) is 17.4 Å². The molecule has 0 saturated heterocycles. The van der Waals surface area contributed by atoms with Crippen molar-refractivity contribution in [3.8, 4) is 5.75 Å². The van der Waals surface area contributed by atoms with Gasteiger partial charge >= 0.3 is 0 Å². The standard InChI is InChI=1S/C22H20ClN3O3S/c1-14(21(27)26-20-10-9-16(23)13-24-20)30-19-8-4-6-17(12-19)25-22(28)15-5-3-7-18(11-15)29-2/h3-14H,1-2H3,(H,25,28)(H,24,26,27). The summed E-state index contributed by atoms with van der Waals surface area (Å²) < 4.78 is 5.16. The number of hydrogen-bond acceptors (Lipinski definition) is 5. The van der Waals surface area contributed by atoms with Gasteiger partial charge in [-0.3, -0.25) is 9.59 Å². The van der Waals surface area contributed by atoms with Gasteiger partial charge in [0.1, 0.15) is 11.6 Å². The van der Waals surface area contributed by atoms with Crippen molar-refractivity contribution in [2.24, 2.45) is 0 Å². The van der Waals surface area contributed by atoms with Crippen molar-refractivity contribution in [2.75, 3.05) is 17.7 Å². The van der Waals surface area contributed by atoms with Crippen LogP contribution < -0.4 is 15.4 Å². The van der Waals surface area contributed by atoms with Gasteiger partial charge in [-0.2, -0.15) is 0 Å². The van der Waals surface area contributed by atoms with E-state index in [2.05, 4.69) is 15.6 Å². The number of ether oxygens (including phenoxy) is 1. The van der Waals surface area contributed by atoms with Gasteiger partial charge in [0.25, 0.3) is 5.91 Å². The largest absolute Gasteiger partial charge is 0.497 e. The first-order valence-corrected chi connectivity index (χ1v) is 10.3. The molecule has 0 saturated carbocycles. The molecule has 2 aromatic carbocycles. The summed E-state index contributed by atoms with van der Waals surface area (Å²) in [5, 5.41) is 5.76. The van der Waals surface area contributed by atoms with Crippen molar-refractivity contribution < 1.29 is 14.3 Å². The van der Waals surface area contributed by atoms with Gasteiger partial charge in [0.15, 0.2) is 0 Å². The number of halogens is 1. The van der Waals surface area contributed by atoms with Gasteiger partial charge in [0, 0.05) is 22.3 Å². The Bertz CT molecular complexity index is 1040. The molecule has 0 bridgehead atoms. The minimum Gasteiger partial charge on any atom is -0.497 e. The van der Waals surface area contributed by atoms with E-state index in [9.17, 15) is 9.59 Å². The lowest BCUT2D eigenvalue weighted by atomic mass is 10.2. The second-order valence-corrected chi connectivity index (χ2v) is 8.18. The maximum absolute atomic E-state index is 12.5. The monoisotopic (exact) mass is 441 g/mol. The summed E-state index contributed by atoms with van der Waals surface area (Å²) in [6.07, 6.45) is 1.48. The zero-order valence-electron chi connectivity index (χ0n) is 16.4. The Morgan fingerprint density at radius 1 is 1.07 bits per heavy atom. The fourth-order valence-corrected chi connectivity index (χ4v) is 3.59. The van der Waals surface area contributed by atoms with Crippen LogP contribution in [0.25, 0.3) is 0 Å². The maximum atomic E-state index is 12.5. The number of aromatic nitrogens is 1. The molecule has 0 aliphatic heterocycles. The zero-order valence-corrected chi connectivity index (χ0v) is 18.0. The van der Waals surface area contributed by atoms with Crippen LogP contribution in [0.2, 0.25) is 5.02 Å². The Hall–Kier alpha value is -3.03. The van der Waals surface area contributed by atoms with E-state index in [0.29, 0.717) is 27.8 Å². The van der Waals surface area contributed by atoms with E-state index in [1.54, 1.807) is 56.5 Å². The van der Waals surface area contributed by atoms with E-state index in [-0.39, 0.29) is 17.1 Å². The second-order valence-electron chi connectivity index (χ2n) is 6.32. The first-order chi connectivity index (χ1) is 14.4. The Balaban J connectivity index is 1.62. The first kappa shape index (κ1) is 21.7. The van der Waals surface area contributed by atoms with E-state index in [1.807, 2.05) is 18.2 Å². The van der Waals surface area contributed by atoms with E-state index in [0.717, 1.165) is 4.90 Å². The molecule has 2 N–H and O–H groups in total. The molecule has 0 fully saturated rings. The summed E-state index contributed by atoms with van der Waals surface area (Å²) in [6, 6.07) is 17.6. The van der Waals surface area contributed by atoms with Gasteiger partial charge < -0.3 is 15.4 Å². The number of carbonyl (C=O) groups excluding carboxylic acids is 2. The van der Waals surface area contributed by atoms with Crippen LogP contribution in [-0.2, 0) is 4.79 Å². The Morgan fingerprint density at radius 2 is 1.87 bits per heavy atom. The first-order valence-electron chi connectivity index (χ1n) is 9.09. The lowest BCUT2D eigenvalue weighted by Crippen LogP contribution is -2.22. The Kier molecular flexibility index (Phi) is 7.32. The number of thioether (sulfide) groups is 1. The van der Waals surface area contributed by atoms with Crippen LogP contribution in [-0.4, -0.2) is 29.2 Å². The van der Waals surface area contributed by atoms with Crippen LogP contribution in [0.15, 0.2) is 71.8 Å². The molecule has 8 heteroatoms. The molecule has 1 unspecified atom stereocenters. The average molecular weight is 442 g/mol. The smallest absolute Gasteiger partial charge is 0.255 e. The number of methoxy groups -OCH3 is 1. The quantitative estimate of drug-likeness (QED) is 0.497. The highest BCUT2D eigenvalue weighted by molar-refractivity contribution is 8.00. The topological polar surface area (TPSA) is 80.3 Å². The number of rotatable bonds is 7. The van der Waals surface area contributed by atoms with Gasteiger partial charge in [-0.25, -0.2) is 4.98 Å². The minimum atomic E-state index is -0.369. The molecule has 3 rings (SSSR count). The van der Waals surface area contributed by atoms with E-state index in [1.165, 1.54) is 18.0 Å². The van der Waals surface area contributed by atoms with Crippen molar-refractivity contribution >= 4 is 46.7 Å². The van der Waals surface area contributed by atoms with Gasteiger partial charge in [-0.05, 0) is 55.5 Å². The molecule has 154 valence electrons. The molecule has 0 aliphatic carbocycles. The molecule has 1 heterocycles. The summed E-state index contributed by atoms with van der Waals surface area (Å²) in [4.78, 5) is 29.8. The molecule has 2 amide bonds. The highest BCUT2D eigenvalue weighted by Gasteiger charge is 2.16. The number of amides is 2. The molecule has 30 heavy (non-hydrogen) atoms. The highest BCUT2D eigenvalue weighted by atomic mass is 35.5. The van der Waals surface area contributed by atoms with Crippen LogP contribution in [0, 0.1) is 0 Å². The average Bonchev–Trinajstić information content (AvgIpc) is 2.75. The molecule has 1 atom stereocenters. The normalized spacial score (nSPS) is 11.4. The van der Waals surface area contributed by atoms with Crippen molar-refractivity contribution in [3.63, 3.8) is 0 Å². The predicted molar refractivity (Wildman–Crippen MR) is 121 cm³/mol. The lowest BCUT2D eigenvalue weighted by Gasteiger charge is -2.13. The summed E-state index contributed by atoms with van der Waals surface area (Å²) >= 11 is 7.19. The Labute approximate surface area is 184 Å². The third-order valence-corrected chi connectivity index (χ3v) is 5.40. The number of pyridine rings is 1. The highest BCUT2D eigenvalue weighted by Crippen LogP contribution is 2.27. The molecule has 6 nitrogen and oxygen atoms in total. The van der Waals surface area contributed by atoms with Crippen molar-refractivity contribution in [1.29, 1.82) is 0 Å². The molecule has 0 spiro atoms. The van der Waals surface area contributed by atoms with Crippen molar-refractivity contribution in [3.05, 3.63) is 77.4 Å².